The number of rotatable bonds is 4. The Labute approximate surface area is 225 Å². The maximum absolute atomic E-state index is 14.5. The average molecular weight is 534 g/mol. The Morgan fingerprint density at radius 2 is 1.67 bits per heavy atom. The Balaban J connectivity index is 1.56. The van der Waals surface area contributed by atoms with E-state index in [-0.39, 0.29) is 11.0 Å². The molecule has 0 amide bonds. The van der Waals surface area contributed by atoms with Crippen molar-refractivity contribution in [2.45, 2.75) is 54.8 Å². The van der Waals surface area contributed by atoms with Crippen molar-refractivity contribution >= 4 is 35.0 Å². The van der Waals surface area contributed by atoms with Gasteiger partial charge >= 0.3 is 0 Å². The molecule has 1 spiro atoms. The molecule has 0 unspecified atom stereocenters. The summed E-state index contributed by atoms with van der Waals surface area (Å²) in [6.07, 6.45) is 6.51. The van der Waals surface area contributed by atoms with E-state index in [2.05, 4.69) is 18.2 Å². The van der Waals surface area contributed by atoms with E-state index < -0.39 is 0 Å². The fraction of sp³-hybridized carbons (Fsp3) is 0.267. The quantitative estimate of drug-likeness (QED) is 0.196. The Bertz CT molecular complexity index is 1490. The lowest BCUT2D eigenvalue weighted by Crippen LogP contribution is -2.42. The topological polar surface area (TPSA) is 34.9 Å². The summed E-state index contributed by atoms with van der Waals surface area (Å²) in [5, 5.41) is 1.91. The fourth-order valence-electron chi connectivity index (χ4n) is 5.87. The maximum Gasteiger partial charge on any atom is 0.263 e. The summed E-state index contributed by atoms with van der Waals surface area (Å²) in [5.74, 6) is 0.584. The molecule has 2 aliphatic rings. The Morgan fingerprint density at radius 1 is 0.917 bits per heavy atom. The van der Waals surface area contributed by atoms with E-state index in [1.807, 2.05) is 53.1 Å². The van der Waals surface area contributed by atoms with Crippen molar-refractivity contribution in [3.63, 3.8) is 0 Å². The van der Waals surface area contributed by atoms with Gasteiger partial charge in [-0.25, -0.2) is 4.98 Å². The van der Waals surface area contributed by atoms with E-state index in [4.69, 9.17) is 28.2 Å². The minimum Gasteiger partial charge on any atom is -0.268 e. The van der Waals surface area contributed by atoms with Crippen LogP contribution in [-0.4, -0.2) is 9.55 Å². The van der Waals surface area contributed by atoms with Crippen LogP contribution in [0.15, 0.2) is 82.7 Å². The highest BCUT2D eigenvalue weighted by Crippen LogP contribution is 2.49. The van der Waals surface area contributed by atoms with Crippen molar-refractivity contribution in [2.75, 3.05) is 0 Å². The molecule has 0 saturated heterocycles. The minimum atomic E-state index is -0.148. The Kier molecular flexibility index (Phi) is 6.45. The Morgan fingerprint density at radius 3 is 2.44 bits per heavy atom. The maximum atomic E-state index is 14.5. The molecule has 4 aromatic rings. The standard InChI is InChI=1S/C30H26Cl2N2OS/c31-22-14-13-21(25(32)17-22)19-36-29-33-27-24-12-6-5-9-20(24)18-30(15-7-2-8-16-30)26(27)28(35)34(29)23-10-3-1-4-11-23/h1,3-6,9-14,17H,2,7-8,15-16,18-19H2. The van der Waals surface area contributed by atoms with Crippen molar-refractivity contribution in [2.24, 2.45) is 0 Å². The smallest absolute Gasteiger partial charge is 0.263 e. The normalized spacial score (nSPS) is 15.9. The van der Waals surface area contributed by atoms with Gasteiger partial charge in [0, 0.05) is 26.8 Å². The van der Waals surface area contributed by atoms with Crippen LogP contribution in [0.1, 0.15) is 48.8 Å². The molecule has 3 nitrogen and oxygen atoms in total. The zero-order valence-electron chi connectivity index (χ0n) is 19.8. The number of benzene rings is 3. The van der Waals surface area contributed by atoms with Crippen molar-refractivity contribution in [1.82, 2.24) is 9.55 Å². The van der Waals surface area contributed by atoms with Gasteiger partial charge in [-0.15, -0.1) is 0 Å². The van der Waals surface area contributed by atoms with Crippen LogP contribution in [0.4, 0.5) is 0 Å². The highest BCUT2D eigenvalue weighted by molar-refractivity contribution is 7.98. The van der Waals surface area contributed by atoms with Gasteiger partial charge in [-0.05, 0) is 54.7 Å². The highest BCUT2D eigenvalue weighted by Gasteiger charge is 2.43. The lowest BCUT2D eigenvalue weighted by atomic mass is 9.62. The molecule has 36 heavy (non-hydrogen) atoms. The van der Waals surface area contributed by atoms with Crippen LogP contribution in [0.25, 0.3) is 16.9 Å². The fourth-order valence-corrected chi connectivity index (χ4v) is 7.43. The second-order valence-electron chi connectivity index (χ2n) is 9.79. The molecule has 0 atom stereocenters. The largest absolute Gasteiger partial charge is 0.268 e. The third-order valence-corrected chi connectivity index (χ3v) is 9.16. The number of fused-ring (bicyclic) bond motifs is 4. The number of halogens is 2. The number of hydrogen-bond donors (Lipinski definition) is 0. The van der Waals surface area contributed by atoms with E-state index in [1.54, 1.807) is 6.07 Å². The van der Waals surface area contributed by atoms with Crippen molar-refractivity contribution in [1.29, 1.82) is 0 Å². The summed E-state index contributed by atoms with van der Waals surface area (Å²) in [4.78, 5) is 19.8. The van der Waals surface area contributed by atoms with Gasteiger partial charge in [0.15, 0.2) is 5.16 Å². The van der Waals surface area contributed by atoms with Gasteiger partial charge in [0.2, 0.25) is 0 Å². The summed E-state index contributed by atoms with van der Waals surface area (Å²) >= 11 is 14.1. The Hall–Kier alpha value is -2.53. The predicted molar refractivity (Wildman–Crippen MR) is 150 cm³/mol. The first kappa shape index (κ1) is 23.8. The molecule has 1 saturated carbocycles. The van der Waals surface area contributed by atoms with Gasteiger partial charge in [0.25, 0.3) is 5.56 Å². The zero-order valence-corrected chi connectivity index (χ0v) is 22.2. The summed E-state index contributed by atoms with van der Waals surface area (Å²) in [7, 11) is 0. The number of aromatic nitrogens is 2. The van der Waals surface area contributed by atoms with Gasteiger partial charge in [-0.2, -0.15) is 0 Å². The first-order valence-corrected chi connectivity index (χ1v) is 14.2. The first-order valence-electron chi connectivity index (χ1n) is 12.4. The van der Waals surface area contributed by atoms with Crippen LogP contribution >= 0.6 is 35.0 Å². The van der Waals surface area contributed by atoms with Crippen LogP contribution in [0.5, 0.6) is 0 Å². The third kappa shape index (κ3) is 4.19. The summed E-state index contributed by atoms with van der Waals surface area (Å²) in [5.41, 5.74) is 5.87. The van der Waals surface area contributed by atoms with Gasteiger partial charge < -0.3 is 0 Å². The predicted octanol–water partition coefficient (Wildman–Crippen LogP) is 8.26. The molecular weight excluding hydrogens is 507 g/mol. The van der Waals surface area contributed by atoms with E-state index in [1.165, 1.54) is 23.7 Å². The molecular formula is C30H26Cl2N2OS. The van der Waals surface area contributed by atoms with Gasteiger partial charge in [0.05, 0.1) is 16.9 Å². The average Bonchev–Trinajstić information content (AvgIpc) is 2.89. The third-order valence-electron chi connectivity index (χ3n) is 7.58. The van der Waals surface area contributed by atoms with E-state index >= 15 is 0 Å². The molecule has 0 N–H and O–H groups in total. The number of thioether (sulfide) groups is 1. The molecule has 1 heterocycles. The van der Waals surface area contributed by atoms with Crippen molar-refractivity contribution in [3.05, 3.63) is 110 Å². The van der Waals surface area contributed by atoms with Gasteiger partial charge in [-0.1, -0.05) is 103 Å². The van der Waals surface area contributed by atoms with Crippen LogP contribution in [-0.2, 0) is 17.6 Å². The monoisotopic (exact) mass is 532 g/mol. The first-order chi connectivity index (χ1) is 17.6. The number of para-hydroxylation sites is 1. The molecule has 0 radical (unpaired) electrons. The van der Waals surface area contributed by atoms with E-state index in [9.17, 15) is 4.79 Å². The van der Waals surface area contributed by atoms with Crippen LogP contribution in [0.3, 0.4) is 0 Å². The lowest BCUT2D eigenvalue weighted by molar-refractivity contribution is 0.283. The minimum absolute atomic E-state index is 0.0623. The van der Waals surface area contributed by atoms with Gasteiger partial charge in [0.1, 0.15) is 0 Å². The highest BCUT2D eigenvalue weighted by atomic mass is 35.5. The molecule has 0 bridgehead atoms. The van der Waals surface area contributed by atoms with Crippen LogP contribution < -0.4 is 5.56 Å². The van der Waals surface area contributed by atoms with E-state index in [0.29, 0.717) is 21.0 Å². The number of nitrogens with zero attached hydrogens (tertiary/aromatic N) is 2. The molecule has 6 heteroatoms. The molecule has 6 rings (SSSR count). The number of hydrogen-bond acceptors (Lipinski definition) is 3. The zero-order chi connectivity index (χ0) is 24.7. The SMILES string of the molecule is O=c1c2c(nc(SCc3ccc(Cl)cc3Cl)n1-c1ccccc1)-c1ccccc1CC21CCCCC1. The summed E-state index contributed by atoms with van der Waals surface area (Å²) < 4.78 is 1.82. The van der Waals surface area contributed by atoms with Gasteiger partial charge in [-0.3, -0.25) is 9.36 Å². The lowest BCUT2D eigenvalue weighted by Gasteiger charge is -2.42. The van der Waals surface area contributed by atoms with Crippen LogP contribution in [0.2, 0.25) is 10.0 Å². The summed E-state index contributed by atoms with van der Waals surface area (Å²) in [6.45, 7) is 0. The van der Waals surface area contributed by atoms with Crippen LogP contribution in [0, 0.1) is 0 Å². The molecule has 0 aliphatic heterocycles. The summed E-state index contributed by atoms with van der Waals surface area (Å²) in [6, 6.07) is 23.9. The van der Waals surface area contributed by atoms with Crippen molar-refractivity contribution in [3.8, 4) is 16.9 Å². The molecule has 1 aromatic heterocycles. The second kappa shape index (κ2) is 9.74. The molecule has 3 aromatic carbocycles. The second-order valence-corrected chi connectivity index (χ2v) is 11.6. The van der Waals surface area contributed by atoms with Crippen molar-refractivity contribution < 1.29 is 0 Å². The molecule has 2 aliphatic carbocycles. The molecule has 182 valence electrons. The van der Waals surface area contributed by atoms with E-state index in [0.717, 1.165) is 60.2 Å². The molecule has 1 fully saturated rings.